The van der Waals surface area contributed by atoms with Crippen molar-refractivity contribution in [2.75, 3.05) is 0 Å². The van der Waals surface area contributed by atoms with E-state index in [2.05, 4.69) is 4.99 Å². The van der Waals surface area contributed by atoms with Crippen molar-refractivity contribution in [3.05, 3.63) is 47.0 Å². The Morgan fingerprint density at radius 1 is 1.14 bits per heavy atom. The highest BCUT2D eigenvalue weighted by Crippen LogP contribution is 2.36. The highest BCUT2D eigenvalue weighted by molar-refractivity contribution is 7.86. The van der Waals surface area contributed by atoms with Gasteiger partial charge in [0.25, 0.3) is 10.1 Å². The molecule has 0 spiro atoms. The molecule has 2 aromatic rings. The molecule has 0 aliphatic carbocycles. The number of hydrogen-bond acceptors (Lipinski definition) is 5. The number of phenolic OH excluding ortho intramolecular Hbond substituents is 2. The molecule has 0 aliphatic heterocycles. The van der Waals surface area contributed by atoms with Gasteiger partial charge in [-0.1, -0.05) is 23.7 Å². The first-order valence-corrected chi connectivity index (χ1v) is 7.43. The minimum absolute atomic E-state index is 0.0233. The van der Waals surface area contributed by atoms with Gasteiger partial charge in [-0.05, 0) is 24.3 Å². The first-order valence-electron chi connectivity index (χ1n) is 5.61. The number of aromatic hydroxyl groups is 2. The summed E-state index contributed by atoms with van der Waals surface area (Å²) in [6.07, 6.45) is 1.23. The third-order valence-electron chi connectivity index (χ3n) is 2.58. The molecule has 0 amide bonds. The predicted molar refractivity (Wildman–Crippen MR) is 78.3 cm³/mol. The van der Waals surface area contributed by atoms with Crippen LogP contribution in [0.15, 0.2) is 46.3 Å². The topological polar surface area (TPSA) is 107 Å². The van der Waals surface area contributed by atoms with E-state index in [4.69, 9.17) is 16.2 Å². The highest BCUT2D eigenvalue weighted by atomic mass is 35.5. The molecule has 2 aromatic carbocycles. The van der Waals surface area contributed by atoms with E-state index in [0.29, 0.717) is 5.56 Å². The zero-order valence-electron chi connectivity index (χ0n) is 10.4. The molecule has 0 heterocycles. The summed E-state index contributed by atoms with van der Waals surface area (Å²) in [5, 5.41) is 19.4. The van der Waals surface area contributed by atoms with Crippen molar-refractivity contribution in [1.29, 1.82) is 0 Å². The average Bonchev–Trinajstić information content (AvgIpc) is 2.39. The maximum Gasteiger partial charge on any atom is 0.298 e. The molecule has 21 heavy (non-hydrogen) atoms. The largest absolute Gasteiger partial charge is 0.507 e. The zero-order valence-corrected chi connectivity index (χ0v) is 12.0. The molecule has 0 fully saturated rings. The van der Waals surface area contributed by atoms with Crippen LogP contribution in [0.1, 0.15) is 5.56 Å². The second-order valence-corrected chi connectivity index (χ2v) is 5.89. The minimum atomic E-state index is -4.63. The lowest BCUT2D eigenvalue weighted by molar-refractivity contribution is 0.444. The summed E-state index contributed by atoms with van der Waals surface area (Å²) in [5.74, 6) is -0.758. The lowest BCUT2D eigenvalue weighted by Crippen LogP contribution is -1.98. The SMILES string of the molecule is O=S(=O)(O)c1cc(Cl)cc(N=Cc2ccccc2O)c1O. The van der Waals surface area contributed by atoms with Crippen molar-refractivity contribution < 1.29 is 23.2 Å². The molecule has 0 atom stereocenters. The van der Waals surface area contributed by atoms with Crippen LogP contribution < -0.4 is 0 Å². The van der Waals surface area contributed by atoms with Gasteiger partial charge >= 0.3 is 0 Å². The van der Waals surface area contributed by atoms with E-state index < -0.39 is 20.8 Å². The maximum atomic E-state index is 11.1. The Labute approximate surface area is 125 Å². The van der Waals surface area contributed by atoms with Crippen LogP contribution in [0.25, 0.3) is 0 Å². The molecule has 0 radical (unpaired) electrons. The summed E-state index contributed by atoms with van der Waals surface area (Å²) in [5.41, 5.74) is 0.212. The van der Waals surface area contributed by atoms with Gasteiger partial charge in [-0.25, -0.2) is 0 Å². The van der Waals surface area contributed by atoms with Crippen LogP contribution in [-0.2, 0) is 10.1 Å². The van der Waals surface area contributed by atoms with Crippen LogP contribution in [-0.4, -0.2) is 29.4 Å². The quantitative estimate of drug-likeness (QED) is 0.593. The van der Waals surface area contributed by atoms with Crippen molar-refractivity contribution >= 4 is 33.6 Å². The number of hydrogen-bond donors (Lipinski definition) is 3. The lowest BCUT2D eigenvalue weighted by Gasteiger charge is -2.05. The van der Waals surface area contributed by atoms with E-state index in [9.17, 15) is 18.6 Å². The Bertz CT molecular complexity index is 817. The molecule has 8 heteroatoms. The summed E-state index contributed by atoms with van der Waals surface area (Å²) in [6.45, 7) is 0. The normalized spacial score (nSPS) is 11.9. The summed E-state index contributed by atoms with van der Waals surface area (Å²) in [6, 6.07) is 8.45. The molecule has 0 saturated heterocycles. The van der Waals surface area contributed by atoms with E-state index >= 15 is 0 Å². The van der Waals surface area contributed by atoms with Crippen molar-refractivity contribution in [1.82, 2.24) is 0 Å². The van der Waals surface area contributed by atoms with E-state index in [0.717, 1.165) is 6.07 Å². The van der Waals surface area contributed by atoms with E-state index in [1.807, 2.05) is 0 Å². The summed E-state index contributed by atoms with van der Waals surface area (Å²) in [4.78, 5) is 3.14. The second-order valence-electron chi connectivity index (χ2n) is 4.06. The highest BCUT2D eigenvalue weighted by Gasteiger charge is 2.19. The standard InChI is InChI=1S/C13H10ClNO5S/c14-9-5-10(13(17)12(6-9)21(18,19)20)15-7-8-3-1-2-4-11(8)16/h1-7,16-17H,(H,18,19,20). The van der Waals surface area contributed by atoms with Gasteiger partial charge in [-0.3, -0.25) is 9.55 Å². The Kier molecular flexibility index (Phi) is 4.17. The molecule has 0 bridgehead atoms. The molecule has 0 aliphatic rings. The van der Waals surface area contributed by atoms with Crippen LogP contribution in [0.2, 0.25) is 5.02 Å². The summed E-state index contributed by atoms with van der Waals surface area (Å²) in [7, 11) is -4.63. The van der Waals surface area contributed by atoms with Gasteiger partial charge in [0, 0.05) is 16.8 Å². The molecule has 0 aromatic heterocycles. The Hall–Kier alpha value is -2.09. The van der Waals surface area contributed by atoms with Gasteiger partial charge in [0.1, 0.15) is 16.3 Å². The molecule has 6 nitrogen and oxygen atoms in total. The Morgan fingerprint density at radius 2 is 1.81 bits per heavy atom. The summed E-state index contributed by atoms with van der Waals surface area (Å²) < 4.78 is 31.3. The number of aliphatic imine (C=N–C) groups is 1. The molecular weight excluding hydrogens is 318 g/mol. The van der Waals surface area contributed by atoms with Crippen LogP contribution in [0.5, 0.6) is 11.5 Å². The third kappa shape index (κ3) is 3.52. The van der Waals surface area contributed by atoms with Crippen molar-refractivity contribution in [3.63, 3.8) is 0 Å². The van der Waals surface area contributed by atoms with Crippen LogP contribution in [0.3, 0.4) is 0 Å². The fourth-order valence-electron chi connectivity index (χ4n) is 1.59. The van der Waals surface area contributed by atoms with Gasteiger partial charge in [0.2, 0.25) is 0 Å². The molecular formula is C13H10ClNO5S. The van der Waals surface area contributed by atoms with Crippen molar-refractivity contribution in [3.8, 4) is 11.5 Å². The lowest BCUT2D eigenvalue weighted by atomic mass is 10.2. The second kappa shape index (κ2) is 5.72. The number of phenols is 2. The number of halogens is 1. The van der Waals surface area contributed by atoms with Crippen LogP contribution in [0.4, 0.5) is 5.69 Å². The van der Waals surface area contributed by atoms with E-state index in [-0.39, 0.29) is 16.5 Å². The maximum absolute atomic E-state index is 11.1. The number of rotatable bonds is 3. The van der Waals surface area contributed by atoms with Gasteiger partial charge in [-0.15, -0.1) is 0 Å². The Morgan fingerprint density at radius 3 is 2.43 bits per heavy atom. The fourth-order valence-corrected chi connectivity index (χ4v) is 2.49. The fraction of sp³-hybridized carbons (Fsp3) is 0. The van der Waals surface area contributed by atoms with Gasteiger partial charge < -0.3 is 10.2 Å². The van der Waals surface area contributed by atoms with Crippen molar-refractivity contribution in [2.24, 2.45) is 4.99 Å². The van der Waals surface area contributed by atoms with Gasteiger partial charge in [-0.2, -0.15) is 8.42 Å². The number of nitrogens with zero attached hydrogens (tertiary/aromatic N) is 1. The monoisotopic (exact) mass is 327 g/mol. The summed E-state index contributed by atoms with van der Waals surface area (Å²) >= 11 is 5.73. The van der Waals surface area contributed by atoms with Crippen molar-refractivity contribution in [2.45, 2.75) is 4.90 Å². The molecule has 110 valence electrons. The molecule has 0 saturated carbocycles. The number of para-hydroxylation sites is 1. The first-order chi connectivity index (χ1) is 9.79. The van der Waals surface area contributed by atoms with Crippen LogP contribution in [0, 0.1) is 0 Å². The first kappa shape index (κ1) is 15.3. The van der Waals surface area contributed by atoms with Gasteiger partial charge in [0.05, 0.1) is 0 Å². The average molecular weight is 328 g/mol. The van der Waals surface area contributed by atoms with Gasteiger partial charge in [0.15, 0.2) is 5.75 Å². The smallest absolute Gasteiger partial charge is 0.298 e. The predicted octanol–water partition coefficient (Wildman–Crippen LogP) is 2.75. The Balaban J connectivity index is 2.51. The molecule has 3 N–H and O–H groups in total. The minimum Gasteiger partial charge on any atom is -0.507 e. The van der Waals surface area contributed by atoms with E-state index in [1.54, 1.807) is 18.2 Å². The van der Waals surface area contributed by atoms with E-state index in [1.165, 1.54) is 18.3 Å². The van der Waals surface area contributed by atoms with Crippen LogP contribution >= 0.6 is 11.6 Å². The molecule has 2 rings (SSSR count). The molecule has 0 unspecified atom stereocenters. The third-order valence-corrected chi connectivity index (χ3v) is 3.66. The zero-order chi connectivity index (χ0) is 15.6. The number of benzene rings is 2.